The predicted molar refractivity (Wildman–Crippen MR) is 87.4 cm³/mol. The Balaban J connectivity index is 1.98. The summed E-state index contributed by atoms with van der Waals surface area (Å²) in [6, 6.07) is -0.0152. The van der Waals surface area contributed by atoms with Crippen LogP contribution >= 0.6 is 11.3 Å². The number of hydrogen-bond donors (Lipinski definition) is 2. The fourth-order valence-electron chi connectivity index (χ4n) is 2.78. The number of aryl methyl sites for hydroxylation is 1. The summed E-state index contributed by atoms with van der Waals surface area (Å²) in [6.07, 6.45) is 5.19. The van der Waals surface area contributed by atoms with Crippen molar-refractivity contribution in [2.75, 3.05) is 13.1 Å². The van der Waals surface area contributed by atoms with Gasteiger partial charge in [0.05, 0.1) is 6.04 Å². The first-order valence-electron chi connectivity index (χ1n) is 7.91. The highest BCUT2D eigenvalue weighted by Crippen LogP contribution is 2.33. The van der Waals surface area contributed by atoms with Crippen LogP contribution in [0, 0.1) is 11.3 Å². The molecule has 0 radical (unpaired) electrons. The van der Waals surface area contributed by atoms with E-state index in [1.807, 2.05) is 13.1 Å². The molecular formula is C16H27N3OS. The Morgan fingerprint density at radius 1 is 1.62 bits per heavy atom. The van der Waals surface area contributed by atoms with Crippen molar-refractivity contribution in [2.45, 2.75) is 53.0 Å². The topological polar surface area (TPSA) is 54.0 Å². The SMILES string of the molecule is CCc1cnc(C(C)NC(=O)C(C)(C)C2CCCNC2)s1. The molecule has 2 unspecified atom stereocenters. The summed E-state index contributed by atoms with van der Waals surface area (Å²) < 4.78 is 0. The van der Waals surface area contributed by atoms with E-state index >= 15 is 0 Å². The smallest absolute Gasteiger partial charge is 0.226 e. The van der Waals surface area contributed by atoms with Crippen LogP contribution in [0.15, 0.2) is 6.20 Å². The Kier molecular flexibility index (Phi) is 5.38. The van der Waals surface area contributed by atoms with E-state index in [2.05, 4.69) is 36.4 Å². The second kappa shape index (κ2) is 6.88. The molecule has 4 nitrogen and oxygen atoms in total. The first kappa shape index (κ1) is 16.4. The number of nitrogens with zero attached hydrogens (tertiary/aromatic N) is 1. The molecule has 1 saturated heterocycles. The molecule has 0 saturated carbocycles. The Labute approximate surface area is 131 Å². The molecule has 1 amide bonds. The van der Waals surface area contributed by atoms with Crippen molar-refractivity contribution < 1.29 is 4.79 Å². The van der Waals surface area contributed by atoms with Crippen LogP contribution in [0.1, 0.15) is 56.5 Å². The van der Waals surface area contributed by atoms with Crippen molar-refractivity contribution in [2.24, 2.45) is 11.3 Å². The number of amides is 1. The molecule has 2 rings (SSSR count). The molecule has 2 atom stereocenters. The number of carbonyl (C=O) groups excluding carboxylic acids is 1. The van der Waals surface area contributed by atoms with Crippen LogP contribution in [0.4, 0.5) is 0 Å². The standard InChI is InChI=1S/C16H27N3OS/c1-5-13-10-18-14(21-13)11(2)19-15(20)16(3,4)12-7-6-8-17-9-12/h10-12,17H,5-9H2,1-4H3,(H,19,20). The molecule has 1 aliphatic heterocycles. The fraction of sp³-hybridized carbons (Fsp3) is 0.750. The number of carbonyl (C=O) groups is 1. The molecule has 0 aromatic carbocycles. The van der Waals surface area contributed by atoms with E-state index in [1.54, 1.807) is 11.3 Å². The average molecular weight is 309 g/mol. The van der Waals surface area contributed by atoms with Gasteiger partial charge >= 0.3 is 0 Å². The highest BCUT2D eigenvalue weighted by Gasteiger charge is 2.37. The molecule has 5 heteroatoms. The van der Waals surface area contributed by atoms with Gasteiger partial charge in [-0.05, 0) is 45.2 Å². The van der Waals surface area contributed by atoms with Gasteiger partial charge in [0, 0.05) is 16.5 Å². The third-order valence-electron chi connectivity index (χ3n) is 4.54. The van der Waals surface area contributed by atoms with E-state index < -0.39 is 0 Å². The largest absolute Gasteiger partial charge is 0.347 e. The highest BCUT2D eigenvalue weighted by molar-refractivity contribution is 7.11. The lowest BCUT2D eigenvalue weighted by Crippen LogP contribution is -2.47. The zero-order valence-corrected chi connectivity index (χ0v) is 14.3. The quantitative estimate of drug-likeness (QED) is 0.879. The molecule has 1 aromatic heterocycles. The molecule has 0 bridgehead atoms. The summed E-state index contributed by atoms with van der Waals surface area (Å²) in [4.78, 5) is 18.4. The predicted octanol–water partition coefficient (Wildman–Crippen LogP) is 2.91. The average Bonchev–Trinajstić information content (AvgIpc) is 2.97. The molecular weight excluding hydrogens is 282 g/mol. The maximum absolute atomic E-state index is 12.7. The van der Waals surface area contributed by atoms with Crippen LogP contribution in [0.5, 0.6) is 0 Å². The Hall–Kier alpha value is -0.940. The third-order valence-corrected chi connectivity index (χ3v) is 5.87. The molecule has 1 aliphatic rings. The Morgan fingerprint density at radius 3 is 2.95 bits per heavy atom. The summed E-state index contributed by atoms with van der Waals surface area (Å²) in [7, 11) is 0. The van der Waals surface area contributed by atoms with Gasteiger partial charge in [0.25, 0.3) is 0 Å². The third kappa shape index (κ3) is 3.83. The van der Waals surface area contributed by atoms with Gasteiger partial charge < -0.3 is 10.6 Å². The van der Waals surface area contributed by atoms with Crippen molar-refractivity contribution in [1.82, 2.24) is 15.6 Å². The van der Waals surface area contributed by atoms with Gasteiger partial charge in [-0.25, -0.2) is 4.98 Å². The van der Waals surface area contributed by atoms with Gasteiger partial charge in [0.1, 0.15) is 5.01 Å². The number of nitrogens with one attached hydrogen (secondary N) is 2. The first-order valence-corrected chi connectivity index (χ1v) is 8.73. The highest BCUT2D eigenvalue weighted by atomic mass is 32.1. The normalized spacial score (nSPS) is 21.0. The van der Waals surface area contributed by atoms with Crippen LogP contribution in [-0.2, 0) is 11.2 Å². The number of hydrogen-bond acceptors (Lipinski definition) is 4. The van der Waals surface area contributed by atoms with Gasteiger partial charge in [0.15, 0.2) is 0 Å². The van der Waals surface area contributed by atoms with Crippen LogP contribution < -0.4 is 10.6 Å². The Bertz CT molecular complexity index is 478. The summed E-state index contributed by atoms with van der Waals surface area (Å²) in [6.45, 7) is 10.3. The minimum Gasteiger partial charge on any atom is -0.347 e. The van der Waals surface area contributed by atoms with Crippen LogP contribution in [0.2, 0.25) is 0 Å². The van der Waals surface area contributed by atoms with Crippen molar-refractivity contribution >= 4 is 17.2 Å². The zero-order chi connectivity index (χ0) is 15.5. The van der Waals surface area contributed by atoms with Crippen LogP contribution in [-0.4, -0.2) is 24.0 Å². The second-order valence-electron chi connectivity index (χ2n) is 6.48. The van der Waals surface area contributed by atoms with Gasteiger partial charge in [0.2, 0.25) is 5.91 Å². The molecule has 21 heavy (non-hydrogen) atoms. The minimum absolute atomic E-state index is 0.0152. The number of piperidine rings is 1. The zero-order valence-electron chi connectivity index (χ0n) is 13.5. The van der Waals surface area contributed by atoms with Crippen LogP contribution in [0.3, 0.4) is 0 Å². The summed E-state index contributed by atoms with van der Waals surface area (Å²) in [5, 5.41) is 7.55. The number of aromatic nitrogens is 1. The lowest BCUT2D eigenvalue weighted by Gasteiger charge is -2.36. The van der Waals surface area contributed by atoms with Crippen molar-refractivity contribution in [1.29, 1.82) is 0 Å². The summed E-state index contributed by atoms with van der Waals surface area (Å²) >= 11 is 1.69. The maximum Gasteiger partial charge on any atom is 0.226 e. The molecule has 2 heterocycles. The first-order chi connectivity index (χ1) is 9.95. The molecule has 2 N–H and O–H groups in total. The second-order valence-corrected chi connectivity index (χ2v) is 7.63. The van der Waals surface area contributed by atoms with Gasteiger partial charge in [-0.2, -0.15) is 0 Å². The Morgan fingerprint density at radius 2 is 2.38 bits per heavy atom. The van der Waals surface area contributed by atoms with Crippen molar-refractivity contribution in [3.05, 3.63) is 16.1 Å². The molecule has 118 valence electrons. The number of rotatable bonds is 5. The lowest BCUT2D eigenvalue weighted by atomic mass is 9.74. The molecule has 1 aromatic rings. The van der Waals surface area contributed by atoms with E-state index in [4.69, 9.17) is 0 Å². The maximum atomic E-state index is 12.7. The van der Waals surface area contributed by atoms with E-state index in [9.17, 15) is 4.79 Å². The van der Waals surface area contributed by atoms with E-state index in [-0.39, 0.29) is 17.4 Å². The van der Waals surface area contributed by atoms with Crippen LogP contribution in [0.25, 0.3) is 0 Å². The minimum atomic E-state index is -0.341. The summed E-state index contributed by atoms with van der Waals surface area (Å²) in [5.74, 6) is 0.540. The van der Waals surface area contributed by atoms with E-state index in [0.29, 0.717) is 5.92 Å². The molecule has 1 fully saturated rings. The monoisotopic (exact) mass is 309 g/mol. The summed E-state index contributed by atoms with van der Waals surface area (Å²) in [5.41, 5.74) is -0.341. The molecule has 0 aliphatic carbocycles. The van der Waals surface area contributed by atoms with E-state index in [1.165, 1.54) is 4.88 Å². The van der Waals surface area contributed by atoms with Crippen molar-refractivity contribution in [3.8, 4) is 0 Å². The van der Waals surface area contributed by atoms with Gasteiger partial charge in [-0.3, -0.25) is 4.79 Å². The van der Waals surface area contributed by atoms with Gasteiger partial charge in [-0.1, -0.05) is 20.8 Å². The molecule has 0 spiro atoms. The van der Waals surface area contributed by atoms with E-state index in [0.717, 1.165) is 37.4 Å². The fourth-order valence-corrected chi connectivity index (χ4v) is 3.64. The van der Waals surface area contributed by atoms with Gasteiger partial charge in [-0.15, -0.1) is 11.3 Å². The lowest BCUT2D eigenvalue weighted by molar-refractivity contribution is -0.133. The van der Waals surface area contributed by atoms with Crippen molar-refractivity contribution in [3.63, 3.8) is 0 Å². The number of thiazole rings is 1.